The topological polar surface area (TPSA) is 95.2 Å². The molecule has 2 aliphatic rings. The van der Waals surface area contributed by atoms with Gasteiger partial charge in [0, 0.05) is 37.0 Å². The average molecular weight is 405 g/mol. The number of hydrogen-bond acceptors (Lipinski definition) is 6. The smallest absolute Gasteiger partial charge is 0.341 e. The molecule has 9 heteroatoms. The van der Waals surface area contributed by atoms with Gasteiger partial charge in [-0.15, -0.1) is 0 Å². The molecule has 156 valence electrons. The average Bonchev–Trinajstić information content (AvgIpc) is 3.09. The summed E-state index contributed by atoms with van der Waals surface area (Å²) < 4.78 is 22.5. The van der Waals surface area contributed by atoms with Crippen LogP contribution in [-0.2, 0) is 0 Å². The molecule has 2 aliphatic heterocycles. The number of carboxylic acid groups (broad SMARTS) is 1. The first kappa shape index (κ1) is 19.7. The van der Waals surface area contributed by atoms with Crippen LogP contribution in [0.1, 0.15) is 23.3 Å². The summed E-state index contributed by atoms with van der Waals surface area (Å²) in [5.74, 6) is -1.68. The number of ether oxygens (including phenoxy) is 1. The Morgan fingerprint density at radius 1 is 1.34 bits per heavy atom. The zero-order chi connectivity index (χ0) is 21.0. The van der Waals surface area contributed by atoms with Crippen LogP contribution >= 0.6 is 0 Å². The van der Waals surface area contributed by atoms with Crippen molar-refractivity contribution >= 4 is 22.6 Å². The monoisotopic (exact) mass is 405 g/mol. The minimum absolute atomic E-state index is 0.0194. The van der Waals surface area contributed by atoms with Crippen LogP contribution < -0.4 is 15.2 Å². The first-order valence-electron chi connectivity index (χ1n) is 9.54. The maximum absolute atomic E-state index is 15.2. The highest BCUT2D eigenvalue weighted by molar-refractivity contribution is 5.97. The summed E-state index contributed by atoms with van der Waals surface area (Å²) in [6.45, 7) is 2.83. The Morgan fingerprint density at radius 3 is 2.66 bits per heavy atom. The van der Waals surface area contributed by atoms with E-state index in [-0.39, 0.29) is 42.7 Å². The largest absolute Gasteiger partial charge is 0.487 e. The third-order valence-corrected chi connectivity index (χ3v) is 5.96. The van der Waals surface area contributed by atoms with Crippen LogP contribution in [0.15, 0.2) is 16.9 Å². The fourth-order valence-electron chi connectivity index (χ4n) is 4.52. The number of aromatic nitrogens is 1. The van der Waals surface area contributed by atoms with Gasteiger partial charge in [0.2, 0.25) is 0 Å². The van der Waals surface area contributed by atoms with E-state index in [0.717, 1.165) is 0 Å². The maximum atomic E-state index is 15.2. The normalized spacial score (nSPS) is 23.7. The van der Waals surface area contributed by atoms with Gasteiger partial charge in [0.15, 0.2) is 11.6 Å². The van der Waals surface area contributed by atoms with Crippen LogP contribution in [0, 0.1) is 11.7 Å². The lowest BCUT2D eigenvalue weighted by atomic mass is 10.0. The number of carboxylic acids is 1. The number of aromatic carboxylic acids is 1. The zero-order valence-electron chi connectivity index (χ0n) is 16.6. The summed E-state index contributed by atoms with van der Waals surface area (Å²) in [5, 5.41) is 19.4. The Morgan fingerprint density at radius 2 is 2.07 bits per heavy atom. The molecule has 1 aromatic heterocycles. The number of pyridine rings is 1. The second-order valence-electron chi connectivity index (χ2n) is 8.05. The third kappa shape index (κ3) is 2.96. The van der Waals surface area contributed by atoms with Crippen LogP contribution in [0.5, 0.6) is 5.75 Å². The first-order chi connectivity index (χ1) is 13.7. The fraction of sp³-hybridized carbons (Fsp3) is 0.500. The lowest BCUT2D eigenvalue weighted by molar-refractivity contribution is 0.0694. The molecule has 0 aliphatic carbocycles. The number of aliphatic hydroxyl groups excluding tert-OH is 1. The van der Waals surface area contributed by atoms with Gasteiger partial charge in [0.25, 0.3) is 5.56 Å². The summed E-state index contributed by atoms with van der Waals surface area (Å²) in [7, 11) is 3.84. The molecule has 0 saturated carbocycles. The summed E-state index contributed by atoms with van der Waals surface area (Å²) in [6, 6.07) is 2.13. The first-order valence-corrected chi connectivity index (χ1v) is 9.54. The van der Waals surface area contributed by atoms with Gasteiger partial charge in [-0.05, 0) is 33.2 Å². The van der Waals surface area contributed by atoms with Gasteiger partial charge in [-0.2, -0.15) is 0 Å². The molecule has 2 aromatic rings. The van der Waals surface area contributed by atoms with Crippen molar-refractivity contribution in [2.45, 2.75) is 19.0 Å². The molecule has 2 N–H and O–H groups in total. The van der Waals surface area contributed by atoms with Crippen LogP contribution in [0.2, 0.25) is 0 Å². The molecule has 3 atom stereocenters. The number of carbonyl (C=O) groups is 1. The van der Waals surface area contributed by atoms with Gasteiger partial charge < -0.3 is 24.7 Å². The van der Waals surface area contributed by atoms with E-state index in [1.54, 1.807) is 6.92 Å². The van der Waals surface area contributed by atoms with E-state index in [1.165, 1.54) is 16.7 Å². The Bertz CT molecular complexity index is 1050. The van der Waals surface area contributed by atoms with E-state index in [4.69, 9.17) is 4.74 Å². The molecule has 8 nitrogen and oxygen atoms in total. The molecule has 0 bridgehead atoms. The molecule has 1 fully saturated rings. The highest BCUT2D eigenvalue weighted by Crippen LogP contribution is 2.43. The maximum Gasteiger partial charge on any atom is 0.341 e. The molecule has 3 heterocycles. The molecular weight excluding hydrogens is 381 g/mol. The second kappa shape index (κ2) is 7.00. The summed E-state index contributed by atoms with van der Waals surface area (Å²) in [6.07, 6.45) is 0. The molecule has 0 amide bonds. The summed E-state index contributed by atoms with van der Waals surface area (Å²) in [5.41, 5.74) is -0.355. The van der Waals surface area contributed by atoms with Crippen molar-refractivity contribution in [1.82, 2.24) is 9.47 Å². The van der Waals surface area contributed by atoms with Crippen molar-refractivity contribution in [3.63, 3.8) is 0 Å². The van der Waals surface area contributed by atoms with E-state index in [2.05, 4.69) is 0 Å². The molecule has 1 aromatic carbocycles. The summed E-state index contributed by atoms with van der Waals surface area (Å²) in [4.78, 5) is 28.1. The Hall–Kier alpha value is -2.65. The quantitative estimate of drug-likeness (QED) is 0.788. The number of anilines is 1. The second-order valence-corrected chi connectivity index (χ2v) is 8.05. The lowest BCUT2D eigenvalue weighted by Gasteiger charge is -2.31. The van der Waals surface area contributed by atoms with Gasteiger partial charge in [-0.25, -0.2) is 9.18 Å². The number of halogens is 1. The summed E-state index contributed by atoms with van der Waals surface area (Å²) >= 11 is 0. The number of benzene rings is 1. The van der Waals surface area contributed by atoms with Gasteiger partial charge >= 0.3 is 5.97 Å². The third-order valence-electron chi connectivity index (χ3n) is 5.96. The SMILES string of the molecule is C[C@H]1COc2c(N3CC(CO)C(N(C)C)C3)c(F)cc3cc(C(=O)O)c(=O)n1c23. The van der Waals surface area contributed by atoms with E-state index >= 15 is 4.39 Å². The van der Waals surface area contributed by atoms with Crippen molar-refractivity contribution in [2.75, 3.05) is 45.3 Å². The molecule has 1 saturated heterocycles. The van der Waals surface area contributed by atoms with Gasteiger partial charge in [0.05, 0.1) is 11.6 Å². The van der Waals surface area contributed by atoms with E-state index < -0.39 is 22.9 Å². The van der Waals surface area contributed by atoms with Crippen LogP contribution in [0.25, 0.3) is 10.9 Å². The van der Waals surface area contributed by atoms with Gasteiger partial charge in [0.1, 0.15) is 17.9 Å². The van der Waals surface area contributed by atoms with Crippen molar-refractivity contribution in [3.05, 3.63) is 33.9 Å². The Balaban J connectivity index is 1.95. The molecular formula is C20H24FN3O5. The Labute approximate surface area is 166 Å². The predicted octanol–water partition coefficient (Wildman–Crippen LogP) is 1.15. The van der Waals surface area contributed by atoms with Crippen LogP contribution in [0.3, 0.4) is 0 Å². The predicted molar refractivity (Wildman–Crippen MR) is 106 cm³/mol. The lowest BCUT2D eigenvalue weighted by Crippen LogP contribution is -2.37. The molecule has 2 unspecified atom stereocenters. The van der Waals surface area contributed by atoms with Crippen molar-refractivity contribution in [2.24, 2.45) is 5.92 Å². The number of rotatable bonds is 4. The Kier molecular flexibility index (Phi) is 4.74. The van der Waals surface area contributed by atoms with Crippen molar-refractivity contribution in [3.8, 4) is 5.75 Å². The highest BCUT2D eigenvalue weighted by atomic mass is 19.1. The number of aliphatic hydroxyl groups is 1. The highest BCUT2D eigenvalue weighted by Gasteiger charge is 2.38. The molecule has 4 rings (SSSR count). The number of likely N-dealkylation sites (N-methyl/N-ethyl adjacent to an activating group) is 1. The zero-order valence-corrected chi connectivity index (χ0v) is 16.6. The minimum Gasteiger partial charge on any atom is -0.487 e. The number of hydrogen-bond donors (Lipinski definition) is 2. The molecule has 0 spiro atoms. The van der Waals surface area contributed by atoms with E-state index in [9.17, 15) is 19.8 Å². The minimum atomic E-state index is -1.34. The molecule has 0 radical (unpaired) electrons. The van der Waals surface area contributed by atoms with Crippen LogP contribution in [0.4, 0.5) is 10.1 Å². The van der Waals surface area contributed by atoms with E-state index in [1.807, 2.05) is 23.9 Å². The van der Waals surface area contributed by atoms with Gasteiger partial charge in [-0.1, -0.05) is 0 Å². The molecule has 29 heavy (non-hydrogen) atoms. The van der Waals surface area contributed by atoms with E-state index in [0.29, 0.717) is 24.0 Å². The van der Waals surface area contributed by atoms with Crippen LogP contribution in [-0.4, -0.2) is 72.1 Å². The number of nitrogens with zero attached hydrogens (tertiary/aromatic N) is 3. The van der Waals surface area contributed by atoms with Gasteiger partial charge in [-0.3, -0.25) is 9.36 Å². The van der Waals surface area contributed by atoms with Crippen molar-refractivity contribution < 1.29 is 24.1 Å². The fourth-order valence-corrected chi connectivity index (χ4v) is 4.52. The van der Waals surface area contributed by atoms with Crippen molar-refractivity contribution in [1.29, 1.82) is 0 Å². The standard InChI is InChI=1S/C20H24FN3O5/c1-10-9-29-18-16-11(4-13(20(27)28)19(26)24(10)16)5-14(21)17(18)23-6-12(8-25)15(7-23)22(2)3/h4-5,10,12,15,25H,6-9H2,1-3H3,(H,27,28)/t10-,12?,15?/m0/s1.